The monoisotopic (exact) mass is 414 g/mol. The third-order valence-electron chi connectivity index (χ3n) is 7.91. The van der Waals surface area contributed by atoms with Gasteiger partial charge in [0.25, 0.3) is 0 Å². The van der Waals surface area contributed by atoms with E-state index in [0.717, 1.165) is 83.5 Å². The van der Waals surface area contributed by atoms with Gasteiger partial charge < -0.3 is 10.2 Å². The van der Waals surface area contributed by atoms with E-state index in [1.165, 1.54) is 27.8 Å². The van der Waals surface area contributed by atoms with E-state index >= 15 is 0 Å². The topological polar surface area (TPSA) is 74.6 Å². The summed E-state index contributed by atoms with van der Waals surface area (Å²) in [4.78, 5) is 22.6. The molecule has 2 aliphatic rings. The minimum Gasteiger partial charge on any atom is -0.481 e. The molecule has 0 amide bonds. The molecule has 0 saturated heterocycles. The third kappa shape index (κ3) is 5.07. The van der Waals surface area contributed by atoms with Crippen molar-refractivity contribution in [1.82, 2.24) is 0 Å². The van der Waals surface area contributed by atoms with Gasteiger partial charge in [-0.2, -0.15) is 0 Å². The number of benzene rings is 1. The van der Waals surface area contributed by atoms with Gasteiger partial charge in [-0.05, 0) is 113 Å². The first kappa shape index (κ1) is 22.8. The quantitative estimate of drug-likeness (QED) is 0.379. The van der Waals surface area contributed by atoms with Crippen molar-refractivity contribution in [1.29, 1.82) is 0 Å². The molecule has 0 spiro atoms. The lowest BCUT2D eigenvalue weighted by atomic mass is 9.88. The Hall–Kier alpha value is -1.84. The molecule has 3 rings (SSSR count). The minimum absolute atomic E-state index is 0.381. The molecule has 1 aromatic rings. The zero-order chi connectivity index (χ0) is 21.9. The van der Waals surface area contributed by atoms with Gasteiger partial charge in [0.2, 0.25) is 0 Å². The highest BCUT2D eigenvalue weighted by Gasteiger charge is 2.49. The number of rotatable bonds is 13. The second-order valence-electron chi connectivity index (χ2n) is 10.0. The fourth-order valence-electron chi connectivity index (χ4n) is 5.03. The molecular formula is C26H38O4. The summed E-state index contributed by atoms with van der Waals surface area (Å²) in [6.07, 6.45) is 12.5. The van der Waals surface area contributed by atoms with Crippen molar-refractivity contribution in [2.24, 2.45) is 10.8 Å². The van der Waals surface area contributed by atoms with Gasteiger partial charge in [-0.3, -0.25) is 9.59 Å². The molecule has 0 radical (unpaired) electrons. The highest BCUT2D eigenvalue weighted by atomic mass is 16.4. The van der Waals surface area contributed by atoms with Crippen LogP contribution in [0.2, 0.25) is 0 Å². The Bertz CT molecular complexity index is 800. The maximum absolute atomic E-state index is 11.3. The van der Waals surface area contributed by atoms with Crippen LogP contribution in [0.5, 0.6) is 0 Å². The molecule has 2 aliphatic carbocycles. The van der Waals surface area contributed by atoms with Gasteiger partial charge in [-0.1, -0.05) is 25.3 Å². The maximum atomic E-state index is 11.3. The number of carbonyl (C=O) groups is 2. The number of hydrogen-bond acceptors (Lipinski definition) is 2. The summed E-state index contributed by atoms with van der Waals surface area (Å²) in [5.41, 5.74) is 6.24. The molecule has 30 heavy (non-hydrogen) atoms. The van der Waals surface area contributed by atoms with Gasteiger partial charge >= 0.3 is 11.9 Å². The number of aliphatic carboxylic acids is 2. The van der Waals surface area contributed by atoms with E-state index in [-0.39, 0.29) is 5.41 Å². The summed E-state index contributed by atoms with van der Waals surface area (Å²) in [7, 11) is 0. The van der Waals surface area contributed by atoms with Crippen molar-refractivity contribution < 1.29 is 19.8 Å². The molecule has 4 heteroatoms. The molecule has 2 saturated carbocycles. The molecule has 0 bridgehead atoms. The zero-order valence-corrected chi connectivity index (χ0v) is 19.0. The molecule has 0 unspecified atom stereocenters. The molecule has 0 heterocycles. The number of carboxylic acid groups (broad SMARTS) is 2. The SMILES string of the molecule is Cc1cc(CCCCC2(C(=O)O)CC2)c(C)c(C)c1CCCCCC1(C(=O)O)CC1. The average molecular weight is 415 g/mol. The Labute approximate surface area is 181 Å². The minimum atomic E-state index is -0.606. The summed E-state index contributed by atoms with van der Waals surface area (Å²) in [5.74, 6) is -1.21. The van der Waals surface area contributed by atoms with Crippen LogP contribution < -0.4 is 0 Å². The van der Waals surface area contributed by atoms with Gasteiger partial charge in [-0.15, -0.1) is 0 Å². The first-order chi connectivity index (χ1) is 14.2. The third-order valence-corrected chi connectivity index (χ3v) is 7.91. The highest BCUT2D eigenvalue weighted by molar-refractivity contribution is 5.78. The second-order valence-corrected chi connectivity index (χ2v) is 10.0. The summed E-state index contributed by atoms with van der Waals surface area (Å²) in [6, 6.07) is 2.34. The van der Waals surface area contributed by atoms with Crippen molar-refractivity contribution in [3.63, 3.8) is 0 Å². The van der Waals surface area contributed by atoms with Gasteiger partial charge in [0.1, 0.15) is 0 Å². The molecular weight excluding hydrogens is 376 g/mol. The van der Waals surface area contributed by atoms with Crippen molar-refractivity contribution in [2.45, 2.75) is 104 Å². The van der Waals surface area contributed by atoms with Crippen LogP contribution in [0.15, 0.2) is 6.07 Å². The molecule has 0 aliphatic heterocycles. The second kappa shape index (κ2) is 9.11. The van der Waals surface area contributed by atoms with Crippen LogP contribution >= 0.6 is 0 Å². The van der Waals surface area contributed by atoms with E-state index in [0.29, 0.717) is 0 Å². The molecule has 0 atom stereocenters. The fraction of sp³-hybridized carbons (Fsp3) is 0.692. The van der Waals surface area contributed by atoms with Crippen LogP contribution in [0.25, 0.3) is 0 Å². The Balaban J connectivity index is 1.45. The number of hydrogen-bond donors (Lipinski definition) is 2. The summed E-state index contributed by atoms with van der Waals surface area (Å²) in [5, 5.41) is 18.6. The van der Waals surface area contributed by atoms with Crippen molar-refractivity contribution in [3.05, 3.63) is 33.9 Å². The van der Waals surface area contributed by atoms with Crippen LogP contribution in [0.1, 0.15) is 98.4 Å². The van der Waals surface area contributed by atoms with Gasteiger partial charge in [0, 0.05) is 0 Å². The molecule has 0 aromatic heterocycles. The first-order valence-electron chi connectivity index (χ1n) is 11.8. The van der Waals surface area contributed by atoms with Gasteiger partial charge in [0.15, 0.2) is 0 Å². The van der Waals surface area contributed by atoms with Crippen molar-refractivity contribution in [3.8, 4) is 0 Å². The highest BCUT2D eigenvalue weighted by Crippen LogP contribution is 2.50. The molecule has 2 N–H and O–H groups in total. The normalized spacial score (nSPS) is 18.2. The van der Waals surface area contributed by atoms with E-state index in [4.69, 9.17) is 0 Å². The lowest BCUT2D eigenvalue weighted by molar-refractivity contribution is -0.144. The number of carboxylic acids is 2. The lowest BCUT2D eigenvalue weighted by Crippen LogP contribution is -2.14. The maximum Gasteiger partial charge on any atom is 0.309 e. The summed E-state index contributed by atoms with van der Waals surface area (Å²) in [6.45, 7) is 6.66. The molecule has 2 fully saturated rings. The molecule has 1 aromatic carbocycles. The Morgan fingerprint density at radius 3 is 1.77 bits per heavy atom. The zero-order valence-electron chi connectivity index (χ0n) is 19.0. The average Bonchev–Trinajstić information content (AvgIpc) is 3.60. The van der Waals surface area contributed by atoms with Crippen LogP contribution in [-0.2, 0) is 22.4 Å². The fourth-order valence-corrected chi connectivity index (χ4v) is 5.03. The van der Waals surface area contributed by atoms with E-state index < -0.39 is 17.4 Å². The smallest absolute Gasteiger partial charge is 0.309 e. The van der Waals surface area contributed by atoms with Crippen molar-refractivity contribution in [2.75, 3.05) is 0 Å². The lowest BCUT2D eigenvalue weighted by Gasteiger charge is -2.17. The van der Waals surface area contributed by atoms with Crippen molar-refractivity contribution >= 4 is 11.9 Å². The molecule has 4 nitrogen and oxygen atoms in total. The van der Waals surface area contributed by atoms with Crippen LogP contribution in [0.3, 0.4) is 0 Å². The summed E-state index contributed by atoms with van der Waals surface area (Å²) >= 11 is 0. The largest absolute Gasteiger partial charge is 0.481 e. The van der Waals surface area contributed by atoms with Crippen LogP contribution in [-0.4, -0.2) is 22.2 Å². The summed E-state index contributed by atoms with van der Waals surface area (Å²) < 4.78 is 0. The van der Waals surface area contributed by atoms with E-state index in [9.17, 15) is 19.8 Å². The van der Waals surface area contributed by atoms with E-state index in [1.807, 2.05) is 0 Å². The number of unbranched alkanes of at least 4 members (excludes halogenated alkanes) is 3. The van der Waals surface area contributed by atoms with E-state index in [1.54, 1.807) is 0 Å². The Kier molecular flexibility index (Phi) is 6.94. The van der Waals surface area contributed by atoms with Crippen LogP contribution in [0.4, 0.5) is 0 Å². The van der Waals surface area contributed by atoms with E-state index in [2.05, 4.69) is 26.8 Å². The Morgan fingerprint density at radius 2 is 1.27 bits per heavy atom. The predicted molar refractivity (Wildman–Crippen MR) is 119 cm³/mol. The first-order valence-corrected chi connectivity index (χ1v) is 11.8. The molecule has 166 valence electrons. The Morgan fingerprint density at radius 1 is 0.767 bits per heavy atom. The van der Waals surface area contributed by atoms with Crippen LogP contribution in [0, 0.1) is 31.6 Å². The predicted octanol–water partition coefficient (Wildman–Crippen LogP) is 6.16. The van der Waals surface area contributed by atoms with Gasteiger partial charge in [-0.25, -0.2) is 0 Å². The standard InChI is InChI=1S/C26H38O4/c1-18-17-21(9-6-8-12-26(15-16-26)24(29)30)19(2)20(3)22(18)10-5-4-7-11-25(13-14-25)23(27)28/h17H,4-16H2,1-3H3,(H,27,28)(H,29,30). The number of aryl methyl sites for hydroxylation is 2. The van der Waals surface area contributed by atoms with Gasteiger partial charge in [0.05, 0.1) is 10.8 Å².